The lowest BCUT2D eigenvalue weighted by Gasteiger charge is -2.09. The fourth-order valence-electron chi connectivity index (χ4n) is 1.58. The van der Waals surface area contributed by atoms with Crippen LogP contribution in [0.15, 0.2) is 35.5 Å². The Bertz CT molecular complexity index is 571. The number of anilines is 1. The summed E-state index contributed by atoms with van der Waals surface area (Å²) in [5.74, 6) is 0.199. The first-order valence-electron chi connectivity index (χ1n) is 6.54. The van der Waals surface area contributed by atoms with Gasteiger partial charge in [-0.3, -0.25) is 4.79 Å². The minimum atomic E-state index is -0.0756. The summed E-state index contributed by atoms with van der Waals surface area (Å²) in [7, 11) is 3.98. The second kappa shape index (κ2) is 7.75. The zero-order chi connectivity index (χ0) is 15.1. The van der Waals surface area contributed by atoms with Crippen molar-refractivity contribution in [1.82, 2.24) is 25.1 Å². The van der Waals surface area contributed by atoms with Crippen LogP contribution in [0.2, 0.25) is 0 Å². The molecule has 2 rings (SSSR count). The summed E-state index contributed by atoms with van der Waals surface area (Å²) in [6.07, 6.45) is 0. The molecule has 7 nitrogen and oxygen atoms in total. The highest BCUT2D eigenvalue weighted by molar-refractivity contribution is 7.99. The van der Waals surface area contributed by atoms with Crippen LogP contribution in [0, 0.1) is 0 Å². The normalized spacial score (nSPS) is 10.8. The van der Waals surface area contributed by atoms with E-state index in [1.807, 2.05) is 44.4 Å². The number of carbonyl (C=O) groups is 1. The summed E-state index contributed by atoms with van der Waals surface area (Å²) in [4.78, 5) is 13.9. The molecular formula is C13H18N6OS. The van der Waals surface area contributed by atoms with E-state index in [0.29, 0.717) is 11.7 Å². The second-order valence-corrected chi connectivity index (χ2v) is 5.63. The number of likely N-dealkylation sites (N-methyl/N-ethyl adjacent to an activating group) is 1. The maximum atomic E-state index is 11.9. The third kappa shape index (κ3) is 5.16. The molecule has 1 aromatic heterocycles. The summed E-state index contributed by atoms with van der Waals surface area (Å²) < 4.78 is 1.71. The van der Waals surface area contributed by atoms with E-state index in [2.05, 4.69) is 25.7 Å². The van der Waals surface area contributed by atoms with Crippen LogP contribution in [0.4, 0.5) is 5.69 Å². The van der Waals surface area contributed by atoms with Crippen LogP contribution in [0.25, 0.3) is 0 Å². The van der Waals surface area contributed by atoms with Gasteiger partial charge in [0.05, 0.1) is 12.3 Å². The Morgan fingerprint density at radius 3 is 2.81 bits per heavy atom. The van der Waals surface area contributed by atoms with Gasteiger partial charge in [0.25, 0.3) is 0 Å². The van der Waals surface area contributed by atoms with E-state index in [0.717, 1.165) is 12.2 Å². The van der Waals surface area contributed by atoms with Crippen LogP contribution in [0.5, 0.6) is 0 Å². The smallest absolute Gasteiger partial charge is 0.234 e. The van der Waals surface area contributed by atoms with Crippen LogP contribution in [-0.2, 0) is 11.3 Å². The Morgan fingerprint density at radius 1 is 1.33 bits per heavy atom. The molecule has 1 aromatic carbocycles. The third-order valence-corrected chi connectivity index (χ3v) is 3.61. The van der Waals surface area contributed by atoms with Gasteiger partial charge in [-0.05, 0) is 36.7 Å². The van der Waals surface area contributed by atoms with E-state index in [4.69, 9.17) is 0 Å². The highest BCUT2D eigenvalue weighted by atomic mass is 32.2. The van der Waals surface area contributed by atoms with Gasteiger partial charge in [0, 0.05) is 12.2 Å². The Morgan fingerprint density at radius 2 is 2.10 bits per heavy atom. The molecule has 0 spiro atoms. The molecule has 0 aliphatic carbocycles. The number of aromatic nitrogens is 4. The monoisotopic (exact) mass is 306 g/mol. The zero-order valence-electron chi connectivity index (χ0n) is 12.1. The van der Waals surface area contributed by atoms with Gasteiger partial charge in [0.15, 0.2) is 0 Å². The predicted molar refractivity (Wildman–Crippen MR) is 82.2 cm³/mol. The fraction of sp³-hybridized carbons (Fsp3) is 0.385. The molecule has 1 amide bonds. The molecule has 8 heteroatoms. The zero-order valence-corrected chi connectivity index (χ0v) is 12.9. The molecule has 1 N–H and O–H groups in total. The molecule has 0 aliphatic rings. The molecule has 0 radical (unpaired) electrons. The van der Waals surface area contributed by atoms with Crippen molar-refractivity contribution in [2.75, 3.05) is 31.7 Å². The number of hydrogen-bond donors (Lipinski definition) is 1. The predicted octanol–water partition coefficient (Wildman–Crippen LogP) is 0.965. The lowest BCUT2D eigenvalue weighted by atomic mass is 10.3. The van der Waals surface area contributed by atoms with Crippen LogP contribution in [0.3, 0.4) is 0 Å². The van der Waals surface area contributed by atoms with Crippen molar-refractivity contribution in [3.63, 3.8) is 0 Å². The van der Waals surface area contributed by atoms with Crippen molar-refractivity contribution < 1.29 is 4.79 Å². The van der Waals surface area contributed by atoms with Gasteiger partial charge in [0.1, 0.15) is 0 Å². The minimum absolute atomic E-state index is 0.0756. The largest absolute Gasteiger partial charge is 0.325 e. The van der Waals surface area contributed by atoms with Gasteiger partial charge in [-0.15, -0.1) is 5.10 Å². The summed E-state index contributed by atoms with van der Waals surface area (Å²) in [5.41, 5.74) is 0.787. The number of benzene rings is 1. The van der Waals surface area contributed by atoms with Crippen molar-refractivity contribution >= 4 is 23.4 Å². The fourth-order valence-corrected chi connectivity index (χ4v) is 2.29. The average molecular weight is 306 g/mol. The third-order valence-electron chi connectivity index (χ3n) is 2.65. The first-order chi connectivity index (χ1) is 10.1. The van der Waals surface area contributed by atoms with Crippen LogP contribution >= 0.6 is 11.8 Å². The molecule has 0 unspecified atom stereocenters. The van der Waals surface area contributed by atoms with Crippen molar-refractivity contribution in [1.29, 1.82) is 0 Å². The Hall–Kier alpha value is -1.93. The second-order valence-electron chi connectivity index (χ2n) is 4.69. The highest BCUT2D eigenvalue weighted by Crippen LogP contribution is 2.14. The maximum Gasteiger partial charge on any atom is 0.234 e. The molecule has 21 heavy (non-hydrogen) atoms. The van der Waals surface area contributed by atoms with Crippen molar-refractivity contribution in [2.45, 2.75) is 11.7 Å². The number of carbonyl (C=O) groups excluding carboxylic acids is 1. The van der Waals surface area contributed by atoms with E-state index in [1.54, 1.807) is 4.68 Å². The van der Waals surface area contributed by atoms with Crippen LogP contribution in [-0.4, -0.2) is 57.4 Å². The number of tetrazole rings is 1. The van der Waals surface area contributed by atoms with Gasteiger partial charge in [-0.1, -0.05) is 30.0 Å². The maximum absolute atomic E-state index is 11.9. The summed E-state index contributed by atoms with van der Waals surface area (Å²) >= 11 is 1.33. The summed E-state index contributed by atoms with van der Waals surface area (Å²) in [5, 5.41) is 15.0. The number of para-hydroxylation sites is 1. The van der Waals surface area contributed by atoms with Crippen LogP contribution < -0.4 is 5.32 Å². The van der Waals surface area contributed by atoms with Crippen molar-refractivity contribution in [2.24, 2.45) is 0 Å². The molecule has 0 bridgehead atoms. The lowest BCUT2D eigenvalue weighted by molar-refractivity contribution is -0.113. The van der Waals surface area contributed by atoms with Crippen molar-refractivity contribution in [3.05, 3.63) is 30.3 Å². The summed E-state index contributed by atoms with van der Waals surface area (Å²) in [6.45, 7) is 1.54. The molecule has 2 aromatic rings. The first kappa shape index (κ1) is 15.5. The standard InChI is InChI=1S/C13H18N6OS/c1-18(2)8-9-19-13(15-16-17-19)21-10-12(20)14-11-6-4-3-5-7-11/h3-7H,8-10H2,1-2H3,(H,14,20). The van der Waals surface area contributed by atoms with Gasteiger partial charge < -0.3 is 10.2 Å². The number of amides is 1. The summed E-state index contributed by atoms with van der Waals surface area (Å²) in [6, 6.07) is 9.37. The molecular weight excluding hydrogens is 288 g/mol. The number of nitrogens with one attached hydrogen (secondary N) is 1. The van der Waals surface area contributed by atoms with E-state index in [-0.39, 0.29) is 11.7 Å². The molecule has 112 valence electrons. The van der Waals surface area contributed by atoms with Gasteiger partial charge in [-0.2, -0.15) is 0 Å². The lowest BCUT2D eigenvalue weighted by Crippen LogP contribution is -2.20. The number of thioether (sulfide) groups is 1. The average Bonchev–Trinajstić information content (AvgIpc) is 2.91. The quantitative estimate of drug-likeness (QED) is 0.768. The van der Waals surface area contributed by atoms with E-state index >= 15 is 0 Å². The molecule has 1 heterocycles. The Labute approximate surface area is 127 Å². The topological polar surface area (TPSA) is 75.9 Å². The van der Waals surface area contributed by atoms with E-state index < -0.39 is 0 Å². The Balaban J connectivity index is 1.83. The van der Waals surface area contributed by atoms with Crippen molar-refractivity contribution in [3.8, 4) is 0 Å². The number of hydrogen-bond acceptors (Lipinski definition) is 6. The molecule has 0 aliphatic heterocycles. The highest BCUT2D eigenvalue weighted by Gasteiger charge is 2.10. The van der Waals surface area contributed by atoms with E-state index in [9.17, 15) is 4.79 Å². The van der Waals surface area contributed by atoms with Crippen LogP contribution in [0.1, 0.15) is 0 Å². The van der Waals surface area contributed by atoms with Gasteiger partial charge in [-0.25, -0.2) is 4.68 Å². The van der Waals surface area contributed by atoms with Gasteiger partial charge >= 0.3 is 0 Å². The number of rotatable bonds is 7. The molecule has 0 fully saturated rings. The SMILES string of the molecule is CN(C)CCn1nnnc1SCC(=O)Nc1ccccc1. The number of nitrogens with zero attached hydrogens (tertiary/aromatic N) is 5. The van der Waals surface area contributed by atoms with Gasteiger partial charge in [0.2, 0.25) is 11.1 Å². The Kier molecular flexibility index (Phi) is 5.70. The molecule has 0 atom stereocenters. The van der Waals surface area contributed by atoms with E-state index in [1.165, 1.54) is 11.8 Å². The first-order valence-corrected chi connectivity index (χ1v) is 7.52. The molecule has 0 saturated heterocycles. The minimum Gasteiger partial charge on any atom is -0.325 e. The molecule has 0 saturated carbocycles.